The Hall–Kier alpha value is -3.72. The van der Waals surface area contributed by atoms with Crippen LogP contribution in [0.5, 0.6) is 5.75 Å². The second kappa shape index (κ2) is 8.80. The minimum Gasteiger partial charge on any atom is -0.497 e. The average molecular weight is 452 g/mol. The van der Waals surface area contributed by atoms with E-state index in [-0.39, 0.29) is 11.3 Å². The van der Waals surface area contributed by atoms with Gasteiger partial charge in [-0.25, -0.2) is 9.78 Å². The van der Waals surface area contributed by atoms with Gasteiger partial charge < -0.3 is 19.3 Å². The number of carbonyl (C=O) groups is 2. The van der Waals surface area contributed by atoms with Crippen LogP contribution in [0.4, 0.5) is 5.69 Å². The second-order valence-electron chi connectivity index (χ2n) is 7.19. The molecule has 0 atom stereocenters. The molecule has 1 amide bonds. The number of thiophene rings is 1. The summed E-state index contributed by atoms with van der Waals surface area (Å²) in [6, 6.07) is 10.6. The fraction of sp³-hybridized carbons (Fsp3) is 0.217. The third-order valence-electron chi connectivity index (χ3n) is 4.84. The Morgan fingerprint density at radius 2 is 1.97 bits per heavy atom. The molecule has 0 aliphatic rings. The molecule has 9 heteroatoms. The molecule has 0 aliphatic carbocycles. The highest BCUT2D eigenvalue weighted by Crippen LogP contribution is 2.33. The number of anilines is 1. The monoisotopic (exact) mass is 451 g/mol. The number of carbonyl (C=O) groups excluding carboxylic acids is 2. The van der Waals surface area contributed by atoms with E-state index >= 15 is 0 Å². The number of ether oxygens (including phenoxy) is 2. The van der Waals surface area contributed by atoms with E-state index in [1.807, 2.05) is 19.9 Å². The average Bonchev–Trinajstić information content (AvgIpc) is 3.32. The quantitative estimate of drug-likeness (QED) is 0.425. The summed E-state index contributed by atoms with van der Waals surface area (Å²) in [5, 5.41) is 7.08. The number of rotatable bonds is 6. The summed E-state index contributed by atoms with van der Waals surface area (Å²) in [6.45, 7) is 5.27. The molecule has 32 heavy (non-hydrogen) atoms. The first-order chi connectivity index (χ1) is 15.4. The summed E-state index contributed by atoms with van der Waals surface area (Å²) in [7, 11) is 1.54. The van der Waals surface area contributed by atoms with Crippen LogP contribution in [0.25, 0.3) is 22.4 Å². The maximum absolute atomic E-state index is 12.9. The molecule has 4 rings (SSSR count). The van der Waals surface area contributed by atoms with Crippen LogP contribution in [-0.2, 0) is 9.53 Å². The molecule has 0 aliphatic heterocycles. The van der Waals surface area contributed by atoms with Crippen molar-refractivity contribution in [1.82, 2.24) is 10.1 Å². The zero-order valence-electron chi connectivity index (χ0n) is 18.0. The molecule has 164 valence electrons. The van der Waals surface area contributed by atoms with E-state index in [0.717, 1.165) is 15.3 Å². The molecule has 1 N–H and O–H groups in total. The number of nitrogens with zero attached hydrogens (tertiary/aromatic N) is 2. The molecular weight excluding hydrogens is 430 g/mol. The van der Waals surface area contributed by atoms with E-state index in [1.165, 1.54) is 7.11 Å². The number of pyridine rings is 1. The van der Waals surface area contributed by atoms with E-state index in [4.69, 9.17) is 14.0 Å². The Bertz CT molecular complexity index is 1320. The minimum absolute atomic E-state index is 0.246. The van der Waals surface area contributed by atoms with Crippen molar-refractivity contribution in [3.63, 3.8) is 0 Å². The van der Waals surface area contributed by atoms with Crippen molar-refractivity contribution in [2.24, 2.45) is 0 Å². The van der Waals surface area contributed by atoms with Crippen LogP contribution in [0.2, 0.25) is 0 Å². The minimum atomic E-state index is -0.657. The number of methoxy groups -OCH3 is 1. The topological polar surface area (TPSA) is 104 Å². The molecule has 3 heterocycles. The highest BCUT2D eigenvalue weighted by molar-refractivity contribution is 7.12. The van der Waals surface area contributed by atoms with Crippen LogP contribution in [0.1, 0.15) is 25.8 Å². The third-order valence-corrected chi connectivity index (χ3v) is 5.81. The van der Waals surface area contributed by atoms with Gasteiger partial charge in [0.1, 0.15) is 5.75 Å². The van der Waals surface area contributed by atoms with Crippen LogP contribution in [0.15, 0.2) is 40.9 Å². The van der Waals surface area contributed by atoms with Crippen LogP contribution in [-0.4, -0.2) is 35.7 Å². The van der Waals surface area contributed by atoms with Crippen LogP contribution in [0.3, 0.4) is 0 Å². The standard InChI is InChI=1S/C23H21N3O5S/c1-12-8-17(14(3)32-12)19-10-18(21-13(2)26-31-22(21)25-19)23(28)30-11-20(27)24-15-6-5-7-16(9-15)29-4/h5-10H,11H2,1-4H3,(H,24,27). The Labute approximate surface area is 188 Å². The van der Waals surface area contributed by atoms with Gasteiger partial charge in [0.05, 0.1) is 29.4 Å². The maximum Gasteiger partial charge on any atom is 0.339 e. The summed E-state index contributed by atoms with van der Waals surface area (Å²) < 4.78 is 15.8. The molecule has 0 unspecified atom stereocenters. The summed E-state index contributed by atoms with van der Waals surface area (Å²) in [5.74, 6) is -0.521. The molecular formula is C23H21N3O5S. The third kappa shape index (κ3) is 4.33. The SMILES string of the molecule is COc1cccc(NC(=O)COC(=O)c2cc(-c3cc(C)sc3C)nc3onc(C)c23)c1. The highest BCUT2D eigenvalue weighted by Gasteiger charge is 2.22. The van der Waals surface area contributed by atoms with Crippen molar-refractivity contribution in [2.45, 2.75) is 20.8 Å². The van der Waals surface area contributed by atoms with E-state index in [0.29, 0.717) is 28.2 Å². The van der Waals surface area contributed by atoms with E-state index in [2.05, 4.69) is 15.5 Å². The van der Waals surface area contributed by atoms with Crippen molar-refractivity contribution in [3.05, 3.63) is 57.4 Å². The number of amides is 1. The number of aryl methyl sites for hydroxylation is 3. The van der Waals surface area contributed by atoms with Gasteiger partial charge in [-0.05, 0) is 45.0 Å². The fourth-order valence-electron chi connectivity index (χ4n) is 3.39. The Morgan fingerprint density at radius 1 is 1.16 bits per heavy atom. The number of esters is 1. The maximum atomic E-state index is 12.9. The number of aromatic nitrogens is 2. The van der Waals surface area contributed by atoms with E-state index in [1.54, 1.807) is 48.6 Å². The van der Waals surface area contributed by atoms with Crippen LogP contribution in [0, 0.1) is 20.8 Å². The molecule has 0 bridgehead atoms. The number of benzene rings is 1. The molecule has 8 nitrogen and oxygen atoms in total. The lowest BCUT2D eigenvalue weighted by molar-refractivity contribution is -0.119. The van der Waals surface area contributed by atoms with Gasteiger partial charge in [-0.15, -0.1) is 11.3 Å². The van der Waals surface area contributed by atoms with Gasteiger partial charge in [0.15, 0.2) is 6.61 Å². The highest BCUT2D eigenvalue weighted by atomic mass is 32.1. The normalized spacial score (nSPS) is 10.9. The van der Waals surface area contributed by atoms with Gasteiger partial charge in [-0.2, -0.15) is 0 Å². The molecule has 0 radical (unpaired) electrons. The Kier molecular flexibility index (Phi) is 5.91. The number of hydrogen-bond acceptors (Lipinski definition) is 8. The molecule has 1 aromatic carbocycles. The van der Waals surface area contributed by atoms with Gasteiger partial charge in [0.25, 0.3) is 11.6 Å². The van der Waals surface area contributed by atoms with Crippen molar-refractivity contribution < 1.29 is 23.6 Å². The van der Waals surface area contributed by atoms with E-state index < -0.39 is 18.5 Å². The summed E-state index contributed by atoms with van der Waals surface area (Å²) in [5.41, 5.74) is 3.05. The lowest BCUT2D eigenvalue weighted by Crippen LogP contribution is -2.21. The first-order valence-electron chi connectivity index (χ1n) is 9.81. The molecule has 0 fully saturated rings. The molecule has 0 saturated carbocycles. The smallest absolute Gasteiger partial charge is 0.339 e. The van der Waals surface area contributed by atoms with E-state index in [9.17, 15) is 9.59 Å². The summed E-state index contributed by atoms with van der Waals surface area (Å²) >= 11 is 1.64. The van der Waals surface area contributed by atoms with Gasteiger partial charge in [-0.1, -0.05) is 11.2 Å². The lowest BCUT2D eigenvalue weighted by atomic mass is 10.1. The van der Waals surface area contributed by atoms with Gasteiger partial charge in [0.2, 0.25) is 0 Å². The Balaban J connectivity index is 1.56. The first-order valence-corrected chi connectivity index (χ1v) is 10.6. The lowest BCUT2D eigenvalue weighted by Gasteiger charge is -2.09. The van der Waals surface area contributed by atoms with Crippen LogP contribution >= 0.6 is 11.3 Å². The van der Waals surface area contributed by atoms with Gasteiger partial charge >= 0.3 is 5.97 Å². The zero-order chi connectivity index (χ0) is 22.8. The molecule has 4 aromatic rings. The zero-order valence-corrected chi connectivity index (χ0v) is 18.8. The summed E-state index contributed by atoms with van der Waals surface area (Å²) in [4.78, 5) is 31.9. The molecule has 0 saturated heterocycles. The molecule has 0 spiro atoms. The van der Waals surface area contributed by atoms with Gasteiger partial charge in [0, 0.05) is 27.1 Å². The van der Waals surface area contributed by atoms with Crippen LogP contribution < -0.4 is 10.1 Å². The predicted molar refractivity (Wildman–Crippen MR) is 121 cm³/mol. The van der Waals surface area contributed by atoms with Gasteiger partial charge in [-0.3, -0.25) is 4.79 Å². The van der Waals surface area contributed by atoms with Crippen molar-refractivity contribution in [3.8, 4) is 17.0 Å². The fourth-order valence-corrected chi connectivity index (χ4v) is 4.32. The summed E-state index contributed by atoms with van der Waals surface area (Å²) in [6.07, 6.45) is 0. The number of hydrogen-bond donors (Lipinski definition) is 1. The van der Waals surface area contributed by atoms with Crippen molar-refractivity contribution >= 4 is 40.0 Å². The predicted octanol–water partition coefficient (Wildman–Crippen LogP) is 4.68. The molecule has 3 aromatic heterocycles. The first kappa shape index (κ1) is 21.5. The van der Waals surface area contributed by atoms with Crippen molar-refractivity contribution in [2.75, 3.05) is 19.0 Å². The largest absolute Gasteiger partial charge is 0.497 e. The number of fused-ring (bicyclic) bond motifs is 1. The number of nitrogens with one attached hydrogen (secondary N) is 1. The van der Waals surface area contributed by atoms with Crippen molar-refractivity contribution in [1.29, 1.82) is 0 Å². The second-order valence-corrected chi connectivity index (χ2v) is 8.65. The Morgan fingerprint density at radius 3 is 2.69 bits per heavy atom.